The Bertz CT molecular complexity index is 388. The van der Waals surface area contributed by atoms with E-state index in [-0.39, 0.29) is 5.11 Å². The van der Waals surface area contributed by atoms with Crippen LogP contribution in [0.25, 0.3) is 0 Å². The molecule has 2 N–H and O–H groups in total. The van der Waals surface area contributed by atoms with E-state index >= 15 is 0 Å². The van der Waals surface area contributed by atoms with Crippen molar-refractivity contribution in [3.63, 3.8) is 0 Å². The lowest BCUT2D eigenvalue weighted by atomic mass is 10.2. The van der Waals surface area contributed by atoms with Crippen LogP contribution in [0.4, 0.5) is 0 Å². The zero-order chi connectivity index (χ0) is 11.1. The molecule has 0 aromatic heterocycles. The minimum absolute atomic E-state index is 0.105. The summed E-state index contributed by atoms with van der Waals surface area (Å²) in [6, 6.07) is 7.50. The third kappa shape index (κ3) is 3.91. The summed E-state index contributed by atoms with van der Waals surface area (Å²) in [7, 11) is 0. The molecule has 0 saturated heterocycles. The average molecular weight is 220 g/mol. The van der Waals surface area contributed by atoms with Gasteiger partial charge in [0.2, 0.25) is 0 Å². The monoisotopic (exact) mass is 220 g/mol. The third-order valence-corrected chi connectivity index (χ3v) is 1.71. The van der Waals surface area contributed by atoms with Crippen molar-refractivity contribution < 1.29 is 4.74 Å². The third-order valence-electron chi connectivity index (χ3n) is 1.61. The summed E-state index contributed by atoms with van der Waals surface area (Å²) < 4.78 is 5.43. The van der Waals surface area contributed by atoms with Crippen molar-refractivity contribution in [1.29, 1.82) is 0 Å². The molecule has 1 rings (SSSR count). The summed E-state index contributed by atoms with van der Waals surface area (Å²) in [5.74, 6) is 0.734. The van der Waals surface area contributed by atoms with Crippen LogP contribution in [0.5, 0.6) is 5.75 Å². The molecule has 0 unspecified atom stereocenters. The first-order valence-electron chi connectivity index (χ1n) is 4.40. The van der Waals surface area contributed by atoms with E-state index in [2.05, 4.69) is 23.8 Å². The molecule has 0 radical (unpaired) electrons. The number of nitrogens with zero attached hydrogens (tertiary/aromatic N) is 1. The minimum atomic E-state index is 0.105. The van der Waals surface area contributed by atoms with Gasteiger partial charge < -0.3 is 10.5 Å². The molecule has 15 heavy (non-hydrogen) atoms. The van der Waals surface area contributed by atoms with E-state index in [1.165, 1.54) is 0 Å². The smallest absolute Gasteiger partial charge is 0.190 e. The van der Waals surface area contributed by atoms with Crippen LogP contribution in [0.2, 0.25) is 0 Å². The van der Waals surface area contributed by atoms with E-state index < -0.39 is 0 Å². The summed E-state index contributed by atoms with van der Waals surface area (Å²) in [5.41, 5.74) is 6.11. The number of ether oxygens (including phenoxy) is 1. The summed E-state index contributed by atoms with van der Waals surface area (Å²) >= 11 is 4.65. The Morgan fingerprint density at radius 1 is 1.53 bits per heavy atom. The van der Waals surface area contributed by atoms with E-state index in [1.807, 2.05) is 24.3 Å². The minimum Gasteiger partial charge on any atom is -0.489 e. The Balaban J connectivity index is 2.85. The van der Waals surface area contributed by atoms with Gasteiger partial charge in [0.25, 0.3) is 0 Å². The zero-order valence-corrected chi connectivity index (χ0v) is 9.04. The van der Waals surface area contributed by atoms with E-state index in [4.69, 9.17) is 10.5 Å². The average Bonchev–Trinajstić information content (AvgIpc) is 2.24. The highest BCUT2D eigenvalue weighted by molar-refractivity contribution is 7.80. The van der Waals surface area contributed by atoms with E-state index in [9.17, 15) is 0 Å². The second-order valence-corrected chi connectivity index (χ2v) is 3.15. The van der Waals surface area contributed by atoms with Gasteiger partial charge in [-0.2, -0.15) is 0 Å². The van der Waals surface area contributed by atoms with E-state index in [0.717, 1.165) is 11.3 Å². The van der Waals surface area contributed by atoms with Crippen LogP contribution < -0.4 is 10.5 Å². The molecule has 0 aliphatic heterocycles. The van der Waals surface area contributed by atoms with Crippen LogP contribution in [-0.2, 0) is 0 Å². The molecular weight excluding hydrogens is 208 g/mol. The fourth-order valence-corrected chi connectivity index (χ4v) is 1.05. The number of aliphatic imine (C=N–C) groups is 1. The molecule has 0 heterocycles. The molecule has 0 atom stereocenters. The van der Waals surface area contributed by atoms with Crippen LogP contribution in [0.1, 0.15) is 5.56 Å². The maximum Gasteiger partial charge on any atom is 0.190 e. The molecule has 0 saturated carbocycles. The quantitative estimate of drug-likeness (QED) is 0.479. The predicted octanol–water partition coefficient (Wildman–Crippen LogP) is 1.91. The molecule has 3 nitrogen and oxygen atoms in total. The van der Waals surface area contributed by atoms with Gasteiger partial charge in [-0.05, 0) is 24.4 Å². The van der Waals surface area contributed by atoms with Crippen molar-refractivity contribution in [2.24, 2.45) is 10.7 Å². The van der Waals surface area contributed by atoms with Crippen molar-refractivity contribution in [3.8, 4) is 5.75 Å². The number of thiocarbonyl (C=S) groups is 1. The number of benzene rings is 1. The fourth-order valence-electron chi connectivity index (χ4n) is 1.00. The molecule has 4 heteroatoms. The topological polar surface area (TPSA) is 47.6 Å². The van der Waals surface area contributed by atoms with Crippen molar-refractivity contribution >= 4 is 23.5 Å². The molecule has 0 spiro atoms. The van der Waals surface area contributed by atoms with Gasteiger partial charge in [0, 0.05) is 11.8 Å². The zero-order valence-electron chi connectivity index (χ0n) is 8.22. The van der Waals surface area contributed by atoms with Crippen molar-refractivity contribution in [3.05, 3.63) is 42.5 Å². The molecule has 1 aromatic carbocycles. The maximum atomic E-state index is 5.43. The van der Waals surface area contributed by atoms with Gasteiger partial charge in [0.1, 0.15) is 12.4 Å². The summed E-state index contributed by atoms with van der Waals surface area (Å²) in [6.45, 7) is 4.04. The Morgan fingerprint density at radius 3 is 2.93 bits per heavy atom. The van der Waals surface area contributed by atoms with Gasteiger partial charge >= 0.3 is 0 Å². The van der Waals surface area contributed by atoms with Gasteiger partial charge in [-0.3, -0.25) is 0 Å². The SMILES string of the molecule is C=CCOc1ccccc1/C=N/C(N)=S. The standard InChI is InChI=1S/C11H12N2OS/c1-2-7-14-10-6-4-3-5-9(10)8-13-11(12)15/h2-6,8H,1,7H2,(H2,12,15)/b13-8+. The fraction of sp³-hybridized carbons (Fsp3) is 0.0909. The van der Waals surface area contributed by atoms with Crippen molar-refractivity contribution in [2.75, 3.05) is 6.61 Å². The first-order chi connectivity index (χ1) is 7.24. The van der Waals surface area contributed by atoms with Gasteiger partial charge in [0.15, 0.2) is 5.11 Å². The number of para-hydroxylation sites is 1. The first kappa shape index (κ1) is 11.4. The molecule has 0 fully saturated rings. The Hall–Kier alpha value is -1.68. The highest BCUT2D eigenvalue weighted by atomic mass is 32.1. The van der Waals surface area contributed by atoms with Gasteiger partial charge in [-0.15, -0.1) is 0 Å². The van der Waals surface area contributed by atoms with E-state index in [0.29, 0.717) is 6.61 Å². The summed E-state index contributed by atoms with van der Waals surface area (Å²) in [4.78, 5) is 3.84. The molecule has 0 aliphatic rings. The van der Waals surface area contributed by atoms with Gasteiger partial charge in [-0.25, -0.2) is 4.99 Å². The lowest BCUT2D eigenvalue weighted by molar-refractivity contribution is 0.363. The van der Waals surface area contributed by atoms with Crippen LogP contribution in [0.3, 0.4) is 0 Å². The number of hydrogen-bond acceptors (Lipinski definition) is 2. The number of hydrogen-bond donors (Lipinski definition) is 1. The molecule has 78 valence electrons. The molecule has 0 bridgehead atoms. The van der Waals surface area contributed by atoms with Crippen molar-refractivity contribution in [2.45, 2.75) is 0 Å². The molecule has 0 amide bonds. The van der Waals surface area contributed by atoms with Crippen LogP contribution >= 0.6 is 12.2 Å². The van der Waals surface area contributed by atoms with E-state index in [1.54, 1.807) is 12.3 Å². The molecule has 1 aromatic rings. The second-order valence-electron chi connectivity index (χ2n) is 2.73. The summed E-state index contributed by atoms with van der Waals surface area (Å²) in [5, 5.41) is 0.105. The second kappa shape index (κ2) is 5.93. The highest BCUT2D eigenvalue weighted by Gasteiger charge is 1.98. The Morgan fingerprint density at radius 2 is 2.27 bits per heavy atom. The molecular formula is C11H12N2OS. The van der Waals surface area contributed by atoms with Gasteiger partial charge in [-0.1, -0.05) is 24.8 Å². The first-order valence-corrected chi connectivity index (χ1v) is 4.81. The van der Waals surface area contributed by atoms with Crippen LogP contribution in [0.15, 0.2) is 41.9 Å². The van der Waals surface area contributed by atoms with Crippen LogP contribution in [-0.4, -0.2) is 17.9 Å². The number of nitrogens with two attached hydrogens (primary N) is 1. The lowest BCUT2D eigenvalue weighted by Crippen LogP contribution is -2.04. The predicted molar refractivity (Wildman–Crippen MR) is 66.5 cm³/mol. The van der Waals surface area contributed by atoms with Gasteiger partial charge in [0.05, 0.1) is 0 Å². The maximum absolute atomic E-state index is 5.43. The lowest BCUT2D eigenvalue weighted by Gasteiger charge is -2.05. The highest BCUT2D eigenvalue weighted by Crippen LogP contribution is 2.15. The Labute approximate surface area is 94.3 Å². The summed E-state index contributed by atoms with van der Waals surface area (Å²) in [6.07, 6.45) is 3.27. The largest absolute Gasteiger partial charge is 0.489 e. The number of rotatable bonds is 4. The normalized spacial score (nSPS) is 10.1. The van der Waals surface area contributed by atoms with Crippen molar-refractivity contribution in [1.82, 2.24) is 0 Å². The molecule has 0 aliphatic carbocycles. The Kier molecular flexibility index (Phi) is 4.50. The van der Waals surface area contributed by atoms with Crippen LogP contribution in [0, 0.1) is 0 Å².